The Kier molecular flexibility index (Phi) is 7.74. The molecule has 11 heteroatoms. The largest absolute Gasteiger partial charge is 0.433 e. The van der Waals surface area contributed by atoms with E-state index in [1.54, 1.807) is 18.2 Å². The second-order valence-corrected chi connectivity index (χ2v) is 11.4. The van der Waals surface area contributed by atoms with E-state index in [0.717, 1.165) is 32.1 Å². The van der Waals surface area contributed by atoms with Gasteiger partial charge in [-0.3, -0.25) is 9.69 Å². The van der Waals surface area contributed by atoms with Crippen LogP contribution in [0.2, 0.25) is 10.0 Å². The molecule has 1 N–H and O–H groups in total. The van der Waals surface area contributed by atoms with E-state index in [0.29, 0.717) is 52.9 Å². The molecule has 2 aromatic rings. The van der Waals surface area contributed by atoms with Gasteiger partial charge in [-0.05, 0) is 36.5 Å². The normalized spacial score (nSPS) is 20.9. The number of hydrogen-bond acceptors (Lipinski definition) is 5. The SMILES string of the molecule is CC(C)(C)c1nc(N2CCN(CC3CC3CNC(=O)c3cc(Cl)ccc3Cl)CC2)cc(C(F)(F)F)n1. The standard InChI is InChI=1S/C25H30Cl2F3N5O/c1-24(2,3)23-32-20(25(28,29)30)12-21(33-23)35-8-6-34(7-9-35)14-16-10-15(16)13-31-22(36)18-11-17(26)4-5-19(18)27/h4-5,11-12,15-16H,6-10,13-14H2,1-3H3,(H,31,36). The van der Waals surface area contributed by atoms with Gasteiger partial charge in [0.2, 0.25) is 0 Å². The van der Waals surface area contributed by atoms with E-state index in [4.69, 9.17) is 23.2 Å². The van der Waals surface area contributed by atoms with Gasteiger partial charge in [0.15, 0.2) is 0 Å². The Morgan fingerprint density at radius 1 is 1.06 bits per heavy atom. The zero-order valence-electron chi connectivity index (χ0n) is 20.5. The number of nitrogens with one attached hydrogen (secondary N) is 1. The van der Waals surface area contributed by atoms with Crippen molar-refractivity contribution in [3.05, 3.63) is 51.4 Å². The highest BCUT2D eigenvalue weighted by Crippen LogP contribution is 2.39. The summed E-state index contributed by atoms with van der Waals surface area (Å²) in [6.07, 6.45) is -3.49. The van der Waals surface area contributed by atoms with E-state index in [-0.39, 0.29) is 11.7 Å². The summed E-state index contributed by atoms with van der Waals surface area (Å²) in [5, 5.41) is 3.77. The lowest BCUT2D eigenvalue weighted by Gasteiger charge is -2.36. The molecule has 1 aliphatic heterocycles. The molecule has 2 aliphatic rings. The molecule has 36 heavy (non-hydrogen) atoms. The highest BCUT2D eigenvalue weighted by Gasteiger charge is 2.39. The van der Waals surface area contributed by atoms with Gasteiger partial charge in [0.1, 0.15) is 17.3 Å². The van der Waals surface area contributed by atoms with Crippen LogP contribution >= 0.6 is 23.2 Å². The van der Waals surface area contributed by atoms with Gasteiger partial charge in [-0.25, -0.2) is 9.97 Å². The Morgan fingerprint density at radius 3 is 2.39 bits per heavy atom. The average Bonchev–Trinajstić information content (AvgIpc) is 3.55. The van der Waals surface area contributed by atoms with Crippen LogP contribution < -0.4 is 10.2 Å². The first-order chi connectivity index (χ1) is 16.8. The van der Waals surface area contributed by atoms with Crippen molar-refractivity contribution in [1.29, 1.82) is 0 Å². The monoisotopic (exact) mass is 543 g/mol. The van der Waals surface area contributed by atoms with Crippen molar-refractivity contribution >= 4 is 34.9 Å². The molecule has 1 aromatic carbocycles. The fourth-order valence-electron chi connectivity index (χ4n) is 4.34. The van der Waals surface area contributed by atoms with Crippen LogP contribution in [0.4, 0.5) is 19.0 Å². The van der Waals surface area contributed by atoms with E-state index < -0.39 is 17.3 Å². The molecular weight excluding hydrogens is 514 g/mol. The van der Waals surface area contributed by atoms with Crippen molar-refractivity contribution in [1.82, 2.24) is 20.2 Å². The number of carbonyl (C=O) groups is 1. The maximum atomic E-state index is 13.4. The van der Waals surface area contributed by atoms with Crippen LogP contribution in [0.25, 0.3) is 0 Å². The van der Waals surface area contributed by atoms with Crippen LogP contribution in [0.1, 0.15) is 49.1 Å². The molecule has 4 rings (SSSR count). The van der Waals surface area contributed by atoms with Crippen LogP contribution in [-0.4, -0.2) is 60.0 Å². The number of alkyl halides is 3. The third-order valence-corrected chi connectivity index (χ3v) is 7.19. The van der Waals surface area contributed by atoms with Crippen LogP contribution in [0.5, 0.6) is 0 Å². The number of carbonyl (C=O) groups excluding carboxylic acids is 1. The summed E-state index contributed by atoms with van der Waals surface area (Å²) in [7, 11) is 0. The minimum atomic E-state index is -4.52. The maximum absolute atomic E-state index is 13.4. The number of rotatable bonds is 6. The molecule has 0 radical (unpaired) electrons. The first-order valence-corrected chi connectivity index (χ1v) is 12.7. The summed E-state index contributed by atoms with van der Waals surface area (Å²) in [5.74, 6) is 1.16. The smallest absolute Gasteiger partial charge is 0.354 e. The molecule has 1 aliphatic carbocycles. The van der Waals surface area contributed by atoms with Gasteiger partial charge in [0, 0.05) is 55.8 Å². The zero-order valence-corrected chi connectivity index (χ0v) is 22.0. The predicted molar refractivity (Wildman–Crippen MR) is 135 cm³/mol. The number of halogens is 5. The van der Waals surface area contributed by atoms with Crippen molar-refractivity contribution < 1.29 is 18.0 Å². The Balaban J connectivity index is 1.28. The second kappa shape index (κ2) is 10.3. The van der Waals surface area contributed by atoms with Gasteiger partial charge in [-0.15, -0.1) is 0 Å². The number of anilines is 1. The Morgan fingerprint density at radius 2 is 1.75 bits per heavy atom. The second-order valence-electron chi connectivity index (χ2n) is 10.6. The predicted octanol–water partition coefficient (Wildman–Crippen LogP) is 5.29. The van der Waals surface area contributed by atoms with Gasteiger partial charge in [-0.1, -0.05) is 44.0 Å². The van der Waals surface area contributed by atoms with Crippen LogP contribution in [0.3, 0.4) is 0 Å². The Hall–Kier alpha value is -2.10. The first kappa shape index (κ1) is 26.9. The molecule has 196 valence electrons. The topological polar surface area (TPSA) is 61.4 Å². The Labute approximate surface area is 219 Å². The summed E-state index contributed by atoms with van der Waals surface area (Å²) in [6.45, 7) is 9.57. The number of nitrogens with zero attached hydrogens (tertiary/aromatic N) is 4. The van der Waals surface area contributed by atoms with E-state index >= 15 is 0 Å². The molecule has 2 atom stereocenters. The van der Waals surface area contributed by atoms with Crippen molar-refractivity contribution in [2.24, 2.45) is 11.8 Å². The fraction of sp³-hybridized carbons (Fsp3) is 0.560. The highest BCUT2D eigenvalue weighted by atomic mass is 35.5. The fourth-order valence-corrected chi connectivity index (χ4v) is 4.72. The van der Waals surface area contributed by atoms with Crippen molar-refractivity contribution in [2.75, 3.05) is 44.2 Å². The summed E-state index contributed by atoms with van der Waals surface area (Å²) in [5.41, 5.74) is -1.13. The van der Waals surface area contributed by atoms with Crippen molar-refractivity contribution in [3.8, 4) is 0 Å². The molecule has 2 heterocycles. The van der Waals surface area contributed by atoms with Gasteiger partial charge in [0.25, 0.3) is 5.91 Å². The number of hydrogen-bond donors (Lipinski definition) is 1. The van der Waals surface area contributed by atoms with Gasteiger partial charge >= 0.3 is 6.18 Å². The number of benzene rings is 1. The van der Waals surface area contributed by atoms with E-state index in [1.807, 2.05) is 25.7 Å². The summed E-state index contributed by atoms with van der Waals surface area (Å²) >= 11 is 12.1. The third kappa shape index (κ3) is 6.61. The number of aromatic nitrogens is 2. The van der Waals surface area contributed by atoms with Crippen molar-refractivity contribution in [3.63, 3.8) is 0 Å². The third-order valence-electron chi connectivity index (χ3n) is 6.63. The van der Waals surface area contributed by atoms with E-state index in [2.05, 4.69) is 20.2 Å². The van der Waals surface area contributed by atoms with Gasteiger partial charge in [0.05, 0.1) is 10.6 Å². The molecular formula is C25H30Cl2F3N5O. The number of piperazine rings is 1. The minimum absolute atomic E-state index is 0.191. The molecule has 0 bridgehead atoms. The first-order valence-electron chi connectivity index (χ1n) is 12.0. The lowest BCUT2D eigenvalue weighted by Crippen LogP contribution is -2.47. The maximum Gasteiger partial charge on any atom is 0.433 e. The molecule has 1 saturated carbocycles. The summed E-state index contributed by atoms with van der Waals surface area (Å²) in [4.78, 5) is 24.9. The number of amides is 1. The highest BCUT2D eigenvalue weighted by molar-refractivity contribution is 6.35. The lowest BCUT2D eigenvalue weighted by atomic mass is 9.95. The summed E-state index contributed by atoms with van der Waals surface area (Å²) < 4.78 is 40.3. The molecule has 1 saturated heterocycles. The van der Waals surface area contributed by atoms with Crippen molar-refractivity contribution in [2.45, 2.75) is 38.8 Å². The molecule has 2 unspecified atom stereocenters. The van der Waals surface area contributed by atoms with E-state index in [9.17, 15) is 18.0 Å². The van der Waals surface area contributed by atoms with Crippen LogP contribution in [0, 0.1) is 11.8 Å². The summed E-state index contributed by atoms with van der Waals surface area (Å²) in [6, 6.07) is 5.86. The van der Waals surface area contributed by atoms with Crippen LogP contribution in [-0.2, 0) is 11.6 Å². The quantitative estimate of drug-likeness (QED) is 0.536. The Bertz CT molecular complexity index is 1080. The van der Waals surface area contributed by atoms with Gasteiger partial charge < -0.3 is 10.2 Å². The average molecular weight is 544 g/mol. The molecule has 6 nitrogen and oxygen atoms in total. The minimum Gasteiger partial charge on any atom is -0.354 e. The van der Waals surface area contributed by atoms with Crippen LogP contribution in [0.15, 0.2) is 24.3 Å². The van der Waals surface area contributed by atoms with Gasteiger partial charge in [-0.2, -0.15) is 13.2 Å². The van der Waals surface area contributed by atoms with E-state index in [1.165, 1.54) is 0 Å². The molecule has 2 fully saturated rings. The zero-order chi connectivity index (χ0) is 26.3. The molecule has 0 spiro atoms. The lowest BCUT2D eigenvalue weighted by molar-refractivity contribution is -0.141. The molecule has 1 aromatic heterocycles. The molecule has 1 amide bonds.